The molecular formula is C10H23NO2. The Bertz CT molecular complexity index is 135. The molecule has 0 aliphatic carbocycles. The zero-order valence-corrected chi connectivity index (χ0v) is 9.17. The molecule has 0 unspecified atom stereocenters. The van der Waals surface area contributed by atoms with Crippen LogP contribution in [0.15, 0.2) is 0 Å². The molecule has 3 nitrogen and oxygen atoms in total. The highest BCUT2D eigenvalue weighted by Gasteiger charge is 2.19. The van der Waals surface area contributed by atoms with Crippen molar-refractivity contribution in [2.24, 2.45) is 11.3 Å². The fourth-order valence-corrected chi connectivity index (χ4v) is 0.974. The van der Waals surface area contributed by atoms with Gasteiger partial charge in [0.25, 0.3) is 0 Å². The molecule has 80 valence electrons. The lowest BCUT2D eigenvalue weighted by molar-refractivity contribution is 0.137. The molecule has 0 radical (unpaired) electrons. The van der Waals surface area contributed by atoms with Crippen LogP contribution in [0.1, 0.15) is 27.7 Å². The minimum absolute atomic E-state index is 0.109. The zero-order chi connectivity index (χ0) is 10.5. The lowest BCUT2D eigenvalue weighted by atomic mass is 9.93. The van der Waals surface area contributed by atoms with Crippen LogP contribution in [0, 0.1) is 11.3 Å². The lowest BCUT2D eigenvalue weighted by Gasteiger charge is -2.27. The maximum absolute atomic E-state index is 9.04. The number of hydrogen-bond acceptors (Lipinski definition) is 3. The number of hydrogen-bond donors (Lipinski definition) is 3. The van der Waals surface area contributed by atoms with Gasteiger partial charge in [0, 0.05) is 24.6 Å². The second-order valence-corrected chi connectivity index (χ2v) is 4.74. The van der Waals surface area contributed by atoms with Crippen LogP contribution < -0.4 is 5.32 Å². The van der Waals surface area contributed by atoms with E-state index in [0.717, 1.165) is 6.54 Å². The van der Waals surface area contributed by atoms with Crippen molar-refractivity contribution in [3.8, 4) is 0 Å². The summed E-state index contributed by atoms with van der Waals surface area (Å²) in [7, 11) is 0. The predicted octanol–water partition coefficient (Wildman–Crippen LogP) is 0.611. The van der Waals surface area contributed by atoms with Crippen molar-refractivity contribution < 1.29 is 10.2 Å². The normalized spacial score (nSPS) is 15.0. The van der Waals surface area contributed by atoms with Crippen molar-refractivity contribution >= 4 is 0 Å². The molecule has 0 saturated carbocycles. The molecule has 13 heavy (non-hydrogen) atoms. The van der Waals surface area contributed by atoms with E-state index in [-0.39, 0.29) is 24.7 Å². The van der Waals surface area contributed by atoms with Gasteiger partial charge in [-0.3, -0.25) is 0 Å². The Kier molecular flexibility index (Phi) is 5.53. The van der Waals surface area contributed by atoms with Crippen molar-refractivity contribution in [2.75, 3.05) is 19.8 Å². The van der Waals surface area contributed by atoms with Crippen LogP contribution in [0.2, 0.25) is 0 Å². The maximum atomic E-state index is 9.04. The molecule has 3 N–H and O–H groups in total. The molecule has 0 saturated heterocycles. The summed E-state index contributed by atoms with van der Waals surface area (Å²) in [6.45, 7) is 9.17. The van der Waals surface area contributed by atoms with Gasteiger partial charge in [-0.05, 0) is 5.92 Å². The van der Waals surface area contributed by atoms with Crippen LogP contribution >= 0.6 is 0 Å². The first-order valence-electron chi connectivity index (χ1n) is 4.88. The second-order valence-electron chi connectivity index (χ2n) is 4.74. The number of aliphatic hydroxyl groups is 2. The smallest absolute Gasteiger partial charge is 0.0587 e. The van der Waals surface area contributed by atoms with E-state index in [1.807, 2.05) is 13.8 Å². The molecule has 0 bridgehead atoms. The van der Waals surface area contributed by atoms with E-state index in [2.05, 4.69) is 19.2 Å². The fraction of sp³-hybridized carbons (Fsp3) is 1.00. The Hall–Kier alpha value is -0.120. The first kappa shape index (κ1) is 12.9. The molecule has 0 aromatic carbocycles. The van der Waals surface area contributed by atoms with Crippen LogP contribution in [-0.4, -0.2) is 36.0 Å². The first-order valence-corrected chi connectivity index (χ1v) is 4.88. The molecule has 0 aliphatic heterocycles. The van der Waals surface area contributed by atoms with Gasteiger partial charge in [0.05, 0.1) is 6.61 Å². The monoisotopic (exact) mass is 189 g/mol. The topological polar surface area (TPSA) is 52.5 Å². The van der Waals surface area contributed by atoms with Gasteiger partial charge in [-0.2, -0.15) is 0 Å². The van der Waals surface area contributed by atoms with Crippen molar-refractivity contribution in [3.63, 3.8) is 0 Å². The highest BCUT2D eigenvalue weighted by Crippen LogP contribution is 2.12. The third kappa shape index (κ3) is 5.24. The summed E-state index contributed by atoms with van der Waals surface area (Å²) in [6.07, 6.45) is 0. The summed E-state index contributed by atoms with van der Waals surface area (Å²) < 4.78 is 0. The summed E-state index contributed by atoms with van der Waals surface area (Å²) in [5, 5.41) is 21.3. The van der Waals surface area contributed by atoms with E-state index >= 15 is 0 Å². The molecule has 0 amide bonds. The predicted molar refractivity (Wildman–Crippen MR) is 54.6 cm³/mol. The van der Waals surface area contributed by atoms with Gasteiger partial charge in [0.1, 0.15) is 0 Å². The summed E-state index contributed by atoms with van der Waals surface area (Å²) >= 11 is 0. The van der Waals surface area contributed by atoms with E-state index in [1.165, 1.54) is 0 Å². The molecule has 0 rings (SSSR count). The highest BCUT2D eigenvalue weighted by molar-refractivity contribution is 4.76. The number of nitrogens with one attached hydrogen (secondary N) is 1. The number of aliphatic hydroxyl groups excluding tert-OH is 2. The molecule has 0 spiro atoms. The molecule has 0 aromatic rings. The van der Waals surface area contributed by atoms with Crippen LogP contribution in [0.5, 0.6) is 0 Å². The Morgan fingerprint density at radius 3 is 2.08 bits per heavy atom. The van der Waals surface area contributed by atoms with Crippen LogP contribution in [0.25, 0.3) is 0 Å². The van der Waals surface area contributed by atoms with Crippen molar-refractivity contribution in [1.82, 2.24) is 5.32 Å². The quantitative estimate of drug-likeness (QED) is 0.574. The third-order valence-corrected chi connectivity index (χ3v) is 2.27. The van der Waals surface area contributed by atoms with Gasteiger partial charge in [-0.15, -0.1) is 0 Å². The lowest BCUT2D eigenvalue weighted by Crippen LogP contribution is -2.43. The molecule has 0 aliphatic rings. The minimum Gasteiger partial charge on any atom is -0.396 e. The summed E-state index contributed by atoms with van der Waals surface area (Å²) in [4.78, 5) is 0. The summed E-state index contributed by atoms with van der Waals surface area (Å²) in [5.41, 5.74) is -0.109. The average Bonchev–Trinajstić information content (AvgIpc) is 2.05. The zero-order valence-electron chi connectivity index (χ0n) is 9.17. The standard InChI is InChI=1S/C10H23NO2/c1-8(2)9(5-12)11-6-10(3,4)7-13/h8-9,11-13H,5-7H2,1-4H3/t9-/m1/s1. The van der Waals surface area contributed by atoms with Crippen molar-refractivity contribution in [3.05, 3.63) is 0 Å². The average molecular weight is 189 g/mol. The fourth-order valence-electron chi connectivity index (χ4n) is 0.974. The Morgan fingerprint density at radius 1 is 1.23 bits per heavy atom. The molecule has 0 aromatic heterocycles. The van der Waals surface area contributed by atoms with Gasteiger partial charge in [0.15, 0.2) is 0 Å². The third-order valence-electron chi connectivity index (χ3n) is 2.27. The first-order chi connectivity index (χ1) is 5.93. The van der Waals surface area contributed by atoms with E-state index in [9.17, 15) is 0 Å². The van der Waals surface area contributed by atoms with Gasteiger partial charge < -0.3 is 15.5 Å². The van der Waals surface area contributed by atoms with Gasteiger partial charge in [-0.25, -0.2) is 0 Å². The van der Waals surface area contributed by atoms with Crippen molar-refractivity contribution in [1.29, 1.82) is 0 Å². The Labute approximate surface area is 81.2 Å². The van der Waals surface area contributed by atoms with E-state index < -0.39 is 0 Å². The van der Waals surface area contributed by atoms with Gasteiger partial charge >= 0.3 is 0 Å². The maximum Gasteiger partial charge on any atom is 0.0587 e. The molecule has 0 heterocycles. The molecule has 0 fully saturated rings. The second kappa shape index (κ2) is 5.58. The SMILES string of the molecule is CC(C)[C@@H](CO)NCC(C)(C)CO. The van der Waals surface area contributed by atoms with Crippen LogP contribution in [0.4, 0.5) is 0 Å². The van der Waals surface area contributed by atoms with Gasteiger partial charge in [0.2, 0.25) is 0 Å². The van der Waals surface area contributed by atoms with E-state index in [4.69, 9.17) is 10.2 Å². The van der Waals surface area contributed by atoms with Crippen molar-refractivity contribution in [2.45, 2.75) is 33.7 Å². The van der Waals surface area contributed by atoms with E-state index in [0.29, 0.717) is 5.92 Å². The Morgan fingerprint density at radius 2 is 1.77 bits per heavy atom. The molecule has 3 heteroatoms. The van der Waals surface area contributed by atoms with Crippen LogP contribution in [0.3, 0.4) is 0 Å². The molecule has 1 atom stereocenters. The minimum atomic E-state index is -0.109. The summed E-state index contributed by atoms with van der Waals surface area (Å²) in [6, 6.07) is 0.130. The number of rotatable bonds is 6. The van der Waals surface area contributed by atoms with Crippen LogP contribution in [-0.2, 0) is 0 Å². The van der Waals surface area contributed by atoms with E-state index in [1.54, 1.807) is 0 Å². The van der Waals surface area contributed by atoms with Gasteiger partial charge in [-0.1, -0.05) is 27.7 Å². The largest absolute Gasteiger partial charge is 0.396 e. The highest BCUT2D eigenvalue weighted by atomic mass is 16.3. The molecular weight excluding hydrogens is 166 g/mol. The summed E-state index contributed by atoms with van der Waals surface area (Å²) in [5.74, 6) is 0.416. The Balaban J connectivity index is 3.85.